The molecule has 0 saturated carbocycles. The van der Waals surface area contributed by atoms with Crippen LogP contribution >= 0.6 is 0 Å². The van der Waals surface area contributed by atoms with Gasteiger partial charge < -0.3 is 4.90 Å². The van der Waals surface area contributed by atoms with Gasteiger partial charge in [-0.1, -0.05) is 5.92 Å². The molecule has 0 unspecified atom stereocenters. The summed E-state index contributed by atoms with van der Waals surface area (Å²) in [4.78, 5) is 12.4. The zero-order valence-electron chi connectivity index (χ0n) is 8.53. The van der Waals surface area contributed by atoms with Crippen LogP contribution in [0.25, 0.3) is 0 Å². The van der Waals surface area contributed by atoms with Crippen molar-refractivity contribution in [2.24, 2.45) is 0 Å². The summed E-state index contributed by atoms with van der Waals surface area (Å²) in [5.41, 5.74) is 0.957. The Balaban J connectivity index is 3.06. The molecule has 0 aliphatic heterocycles. The van der Waals surface area contributed by atoms with Crippen molar-refractivity contribution in [2.75, 3.05) is 18.0 Å². The number of rotatable bonds is 4. The zero-order chi connectivity index (χ0) is 11.3. The lowest BCUT2D eigenvalue weighted by Gasteiger charge is -2.20. The van der Waals surface area contributed by atoms with Gasteiger partial charge in [0.25, 0.3) is 0 Å². The van der Waals surface area contributed by atoms with Crippen molar-refractivity contribution in [1.82, 2.24) is 0 Å². The minimum Gasteiger partial charge on any atom is -0.361 e. The molecule has 0 aliphatic rings. The van der Waals surface area contributed by atoms with Crippen LogP contribution in [0.1, 0.15) is 17.3 Å². The molecular formula is C12H12FNO. The molecule has 0 N–H and O–H groups in total. The number of carbonyl (C=O) groups is 1. The number of halogens is 1. The molecule has 1 aromatic rings. The number of hydrogen-bond acceptors (Lipinski definition) is 2. The predicted molar refractivity (Wildman–Crippen MR) is 58.5 cm³/mol. The summed E-state index contributed by atoms with van der Waals surface area (Å²) in [5, 5.41) is 0. The Bertz CT molecular complexity index is 395. The Kier molecular flexibility index (Phi) is 3.87. The van der Waals surface area contributed by atoms with E-state index in [0.29, 0.717) is 30.6 Å². The van der Waals surface area contributed by atoms with Gasteiger partial charge in [0.05, 0.1) is 6.54 Å². The van der Waals surface area contributed by atoms with Crippen LogP contribution in [0.2, 0.25) is 0 Å². The highest BCUT2D eigenvalue weighted by molar-refractivity contribution is 5.77. The van der Waals surface area contributed by atoms with Crippen LogP contribution < -0.4 is 4.90 Å². The number of anilines is 1. The van der Waals surface area contributed by atoms with Gasteiger partial charge in [-0.25, -0.2) is 4.39 Å². The molecule has 0 aliphatic carbocycles. The molecule has 15 heavy (non-hydrogen) atoms. The molecule has 0 atom stereocenters. The standard InChI is InChI=1S/C12H12FNO/c1-3-5-14(4-2)12-7-10(9-15)6-11(13)8-12/h1,6-9H,4-5H2,2H3. The van der Waals surface area contributed by atoms with E-state index in [2.05, 4.69) is 5.92 Å². The van der Waals surface area contributed by atoms with E-state index in [4.69, 9.17) is 6.42 Å². The largest absolute Gasteiger partial charge is 0.361 e. The summed E-state index contributed by atoms with van der Waals surface area (Å²) in [7, 11) is 0. The van der Waals surface area contributed by atoms with Crippen molar-refractivity contribution in [3.05, 3.63) is 29.6 Å². The molecule has 78 valence electrons. The number of terminal acetylenes is 1. The molecule has 0 amide bonds. The average Bonchev–Trinajstić information content (AvgIpc) is 2.24. The second-order valence-corrected chi connectivity index (χ2v) is 3.08. The summed E-state index contributed by atoms with van der Waals surface area (Å²) in [6, 6.07) is 4.19. The Hall–Kier alpha value is -1.82. The first kappa shape index (κ1) is 11.3. The number of benzene rings is 1. The Labute approximate surface area is 88.7 Å². The van der Waals surface area contributed by atoms with E-state index in [1.807, 2.05) is 11.8 Å². The highest BCUT2D eigenvalue weighted by Crippen LogP contribution is 2.17. The summed E-state index contributed by atoms with van der Waals surface area (Å²) >= 11 is 0. The minimum absolute atomic E-state index is 0.320. The van der Waals surface area contributed by atoms with E-state index < -0.39 is 5.82 Å². The molecule has 1 rings (SSSR count). The normalized spacial score (nSPS) is 9.40. The fourth-order valence-electron chi connectivity index (χ4n) is 1.34. The molecule has 0 saturated heterocycles. The SMILES string of the molecule is C#CCN(CC)c1cc(F)cc(C=O)c1. The van der Waals surface area contributed by atoms with Gasteiger partial charge >= 0.3 is 0 Å². The van der Waals surface area contributed by atoms with Crippen LogP contribution in [0.4, 0.5) is 10.1 Å². The molecular weight excluding hydrogens is 193 g/mol. The third-order valence-electron chi connectivity index (χ3n) is 2.07. The summed E-state index contributed by atoms with van der Waals surface area (Å²) in [6.45, 7) is 2.99. The molecule has 3 heteroatoms. The molecule has 0 fully saturated rings. The monoisotopic (exact) mass is 205 g/mol. The van der Waals surface area contributed by atoms with E-state index in [1.54, 1.807) is 6.07 Å². The highest BCUT2D eigenvalue weighted by atomic mass is 19.1. The first-order valence-electron chi connectivity index (χ1n) is 4.65. The number of aldehydes is 1. The van der Waals surface area contributed by atoms with Crippen LogP contribution in [0.15, 0.2) is 18.2 Å². The van der Waals surface area contributed by atoms with E-state index in [9.17, 15) is 9.18 Å². The van der Waals surface area contributed by atoms with Crippen LogP contribution in [-0.4, -0.2) is 19.4 Å². The van der Waals surface area contributed by atoms with Crippen LogP contribution in [-0.2, 0) is 0 Å². The van der Waals surface area contributed by atoms with Crippen molar-refractivity contribution in [3.63, 3.8) is 0 Å². The van der Waals surface area contributed by atoms with Crippen LogP contribution in [0.5, 0.6) is 0 Å². The molecule has 0 heterocycles. The predicted octanol–water partition coefficient (Wildman–Crippen LogP) is 2.10. The quantitative estimate of drug-likeness (QED) is 0.554. The number of carbonyl (C=O) groups excluding carboxylic acids is 1. The lowest BCUT2D eigenvalue weighted by atomic mass is 10.2. The third kappa shape index (κ3) is 2.81. The maximum atomic E-state index is 13.1. The fourth-order valence-corrected chi connectivity index (χ4v) is 1.34. The minimum atomic E-state index is -0.426. The summed E-state index contributed by atoms with van der Waals surface area (Å²) < 4.78 is 13.1. The zero-order valence-corrected chi connectivity index (χ0v) is 8.53. The fraction of sp³-hybridized carbons (Fsp3) is 0.250. The summed E-state index contributed by atoms with van der Waals surface area (Å²) in [6.07, 6.45) is 5.82. The van der Waals surface area contributed by atoms with Gasteiger partial charge in [-0.3, -0.25) is 4.79 Å². The average molecular weight is 205 g/mol. The number of hydrogen-bond donors (Lipinski definition) is 0. The van der Waals surface area contributed by atoms with Gasteiger partial charge in [0.15, 0.2) is 0 Å². The van der Waals surface area contributed by atoms with Crippen molar-refractivity contribution in [2.45, 2.75) is 6.92 Å². The lowest BCUT2D eigenvalue weighted by molar-refractivity contribution is 0.112. The molecule has 0 bridgehead atoms. The van der Waals surface area contributed by atoms with Crippen molar-refractivity contribution in [3.8, 4) is 12.3 Å². The Morgan fingerprint density at radius 2 is 2.27 bits per heavy atom. The molecule has 0 aromatic heterocycles. The van der Waals surface area contributed by atoms with Gasteiger partial charge in [0, 0.05) is 17.8 Å². The Morgan fingerprint density at radius 3 is 2.80 bits per heavy atom. The second kappa shape index (κ2) is 5.16. The van der Waals surface area contributed by atoms with Gasteiger partial charge in [-0.05, 0) is 25.1 Å². The van der Waals surface area contributed by atoms with Crippen molar-refractivity contribution >= 4 is 12.0 Å². The summed E-state index contributed by atoms with van der Waals surface area (Å²) in [5.74, 6) is 2.06. The van der Waals surface area contributed by atoms with Gasteiger partial charge in [0.1, 0.15) is 12.1 Å². The van der Waals surface area contributed by atoms with Crippen molar-refractivity contribution < 1.29 is 9.18 Å². The molecule has 0 spiro atoms. The van der Waals surface area contributed by atoms with Crippen LogP contribution in [0, 0.1) is 18.2 Å². The highest BCUT2D eigenvalue weighted by Gasteiger charge is 2.06. The lowest BCUT2D eigenvalue weighted by Crippen LogP contribution is -2.23. The van der Waals surface area contributed by atoms with Crippen molar-refractivity contribution in [1.29, 1.82) is 0 Å². The second-order valence-electron chi connectivity index (χ2n) is 3.08. The van der Waals surface area contributed by atoms with E-state index in [1.165, 1.54) is 12.1 Å². The van der Waals surface area contributed by atoms with Gasteiger partial charge in [0.2, 0.25) is 0 Å². The van der Waals surface area contributed by atoms with E-state index in [0.717, 1.165) is 0 Å². The van der Waals surface area contributed by atoms with Gasteiger partial charge in [-0.15, -0.1) is 6.42 Å². The van der Waals surface area contributed by atoms with Crippen LogP contribution in [0.3, 0.4) is 0 Å². The van der Waals surface area contributed by atoms with E-state index in [-0.39, 0.29) is 0 Å². The maximum Gasteiger partial charge on any atom is 0.150 e. The number of nitrogens with zero attached hydrogens (tertiary/aromatic N) is 1. The smallest absolute Gasteiger partial charge is 0.150 e. The molecule has 0 radical (unpaired) electrons. The Morgan fingerprint density at radius 1 is 1.53 bits per heavy atom. The third-order valence-corrected chi connectivity index (χ3v) is 2.07. The maximum absolute atomic E-state index is 13.1. The first-order chi connectivity index (χ1) is 7.21. The molecule has 2 nitrogen and oxygen atoms in total. The first-order valence-corrected chi connectivity index (χ1v) is 4.65. The van der Waals surface area contributed by atoms with Gasteiger partial charge in [-0.2, -0.15) is 0 Å². The topological polar surface area (TPSA) is 20.3 Å². The van der Waals surface area contributed by atoms with E-state index >= 15 is 0 Å². The molecule has 1 aromatic carbocycles.